The van der Waals surface area contributed by atoms with Gasteiger partial charge in [0, 0.05) is 13.1 Å². The third kappa shape index (κ3) is 3.38. The molecule has 7 heteroatoms. The summed E-state index contributed by atoms with van der Waals surface area (Å²) in [6.45, 7) is 6.08. The van der Waals surface area contributed by atoms with Crippen molar-refractivity contribution in [1.29, 1.82) is 5.26 Å². The molecule has 1 heterocycles. The molecule has 114 valence electrons. The van der Waals surface area contributed by atoms with Crippen molar-refractivity contribution < 1.29 is 13.2 Å². The highest BCUT2D eigenvalue weighted by atomic mass is 35.5. The number of ether oxygens (including phenoxy) is 1. The number of benzene rings is 1. The summed E-state index contributed by atoms with van der Waals surface area (Å²) in [5.74, 6) is 0. The van der Waals surface area contributed by atoms with Gasteiger partial charge in [0.1, 0.15) is 4.90 Å². The smallest absolute Gasteiger partial charge is 0.244 e. The van der Waals surface area contributed by atoms with Crippen molar-refractivity contribution in [2.45, 2.75) is 37.4 Å². The third-order valence-electron chi connectivity index (χ3n) is 3.22. The first kappa shape index (κ1) is 16.2. The Morgan fingerprint density at radius 2 is 2.14 bits per heavy atom. The Hall–Kier alpha value is -1.13. The molecule has 1 saturated heterocycles. The van der Waals surface area contributed by atoms with E-state index in [1.54, 1.807) is 0 Å². The van der Waals surface area contributed by atoms with Crippen molar-refractivity contribution >= 4 is 21.6 Å². The monoisotopic (exact) mass is 328 g/mol. The lowest BCUT2D eigenvalue weighted by atomic mass is 10.1. The first-order chi connectivity index (χ1) is 9.65. The first-order valence-corrected chi connectivity index (χ1v) is 8.35. The van der Waals surface area contributed by atoms with Crippen LogP contribution in [-0.4, -0.2) is 37.5 Å². The Morgan fingerprint density at radius 1 is 1.48 bits per heavy atom. The molecule has 1 unspecified atom stereocenters. The van der Waals surface area contributed by atoms with Gasteiger partial charge in [-0.05, 0) is 39.0 Å². The summed E-state index contributed by atoms with van der Waals surface area (Å²) in [5, 5.41) is 8.88. The zero-order chi connectivity index (χ0) is 15.8. The Morgan fingerprint density at radius 3 is 2.67 bits per heavy atom. The predicted octanol–water partition coefficient (Wildman–Crippen LogP) is 2.40. The van der Waals surface area contributed by atoms with Gasteiger partial charge in [-0.2, -0.15) is 9.57 Å². The van der Waals surface area contributed by atoms with Crippen LogP contribution < -0.4 is 0 Å². The van der Waals surface area contributed by atoms with E-state index >= 15 is 0 Å². The van der Waals surface area contributed by atoms with Crippen molar-refractivity contribution in [2.24, 2.45) is 0 Å². The van der Waals surface area contributed by atoms with E-state index < -0.39 is 15.6 Å². The second-order valence-electron chi connectivity index (χ2n) is 5.74. The second kappa shape index (κ2) is 5.58. The van der Waals surface area contributed by atoms with Crippen molar-refractivity contribution in [3.8, 4) is 6.07 Å². The van der Waals surface area contributed by atoms with Gasteiger partial charge >= 0.3 is 0 Å². The summed E-state index contributed by atoms with van der Waals surface area (Å²) < 4.78 is 32.6. The van der Waals surface area contributed by atoms with Gasteiger partial charge in [0.05, 0.1) is 28.4 Å². The van der Waals surface area contributed by atoms with Gasteiger partial charge in [0.2, 0.25) is 10.0 Å². The van der Waals surface area contributed by atoms with Gasteiger partial charge in [-0.25, -0.2) is 8.42 Å². The van der Waals surface area contributed by atoms with Gasteiger partial charge in [-0.3, -0.25) is 0 Å². The van der Waals surface area contributed by atoms with Crippen molar-refractivity contribution in [3.63, 3.8) is 0 Å². The average Bonchev–Trinajstić information content (AvgIpc) is 2.35. The quantitative estimate of drug-likeness (QED) is 0.835. The maximum atomic E-state index is 12.7. The molecule has 1 aromatic rings. The predicted molar refractivity (Wildman–Crippen MR) is 79.6 cm³/mol. The zero-order valence-electron chi connectivity index (χ0n) is 12.1. The molecule has 5 nitrogen and oxygen atoms in total. The summed E-state index contributed by atoms with van der Waals surface area (Å²) in [6, 6.07) is 6.13. The Balaban J connectivity index is 2.41. The molecule has 0 aromatic heterocycles. The minimum atomic E-state index is -3.71. The molecular weight excluding hydrogens is 312 g/mol. The van der Waals surface area contributed by atoms with Crippen LogP contribution in [0.3, 0.4) is 0 Å². The molecule has 1 aliphatic heterocycles. The fraction of sp³-hybridized carbons (Fsp3) is 0.500. The Kier molecular flexibility index (Phi) is 4.31. The molecule has 0 radical (unpaired) electrons. The average molecular weight is 329 g/mol. The zero-order valence-corrected chi connectivity index (χ0v) is 13.7. The topological polar surface area (TPSA) is 70.4 Å². The van der Waals surface area contributed by atoms with Crippen LogP contribution in [0, 0.1) is 11.3 Å². The molecule has 0 aliphatic carbocycles. The number of sulfonamides is 1. The van der Waals surface area contributed by atoms with Crippen LogP contribution in [0.4, 0.5) is 0 Å². The molecular formula is C14H17ClN2O3S. The number of nitrogens with zero attached hydrogens (tertiary/aromatic N) is 2. The SMILES string of the molecule is CC1CN(S(=O)(=O)c2ccc(C#N)cc2Cl)CC(C)(C)O1. The summed E-state index contributed by atoms with van der Waals surface area (Å²) in [5.41, 5.74) is -0.223. The molecule has 0 spiro atoms. The van der Waals surface area contributed by atoms with Crippen LogP contribution in [0.25, 0.3) is 0 Å². The third-order valence-corrected chi connectivity index (χ3v) is 5.51. The van der Waals surface area contributed by atoms with Gasteiger partial charge in [0.25, 0.3) is 0 Å². The fourth-order valence-electron chi connectivity index (χ4n) is 2.50. The van der Waals surface area contributed by atoms with E-state index in [1.165, 1.54) is 22.5 Å². The molecule has 0 saturated carbocycles. The number of rotatable bonds is 2. The molecule has 0 N–H and O–H groups in total. The minimum Gasteiger partial charge on any atom is -0.370 e. The van der Waals surface area contributed by atoms with E-state index in [2.05, 4.69) is 0 Å². The number of hydrogen-bond acceptors (Lipinski definition) is 4. The molecule has 1 atom stereocenters. The largest absolute Gasteiger partial charge is 0.370 e. The maximum Gasteiger partial charge on any atom is 0.244 e. The van der Waals surface area contributed by atoms with Crippen LogP contribution in [0.15, 0.2) is 23.1 Å². The molecule has 0 amide bonds. The van der Waals surface area contributed by atoms with E-state index in [0.717, 1.165) is 0 Å². The minimum absolute atomic E-state index is 0.0214. The van der Waals surface area contributed by atoms with Gasteiger partial charge in [0.15, 0.2) is 0 Å². The molecule has 1 aromatic carbocycles. The molecule has 1 aliphatic rings. The van der Waals surface area contributed by atoms with Crippen LogP contribution in [-0.2, 0) is 14.8 Å². The number of halogens is 1. The number of hydrogen-bond donors (Lipinski definition) is 0. The molecule has 1 fully saturated rings. The van der Waals surface area contributed by atoms with Crippen LogP contribution in [0.5, 0.6) is 0 Å². The standard InChI is InChI=1S/C14H17ClN2O3S/c1-10-8-17(9-14(2,3)20-10)21(18,19)13-5-4-11(7-16)6-12(13)15/h4-6,10H,8-9H2,1-3H3. The lowest BCUT2D eigenvalue weighted by Crippen LogP contribution is -2.53. The second-order valence-corrected chi connectivity index (χ2v) is 8.06. The maximum absolute atomic E-state index is 12.7. The van der Waals surface area contributed by atoms with E-state index in [4.69, 9.17) is 21.6 Å². The van der Waals surface area contributed by atoms with Crippen molar-refractivity contribution in [1.82, 2.24) is 4.31 Å². The summed E-state index contributed by atoms with van der Waals surface area (Å²) in [7, 11) is -3.71. The Labute approximate surface area is 130 Å². The van der Waals surface area contributed by atoms with Gasteiger partial charge in [-0.1, -0.05) is 11.6 Å². The van der Waals surface area contributed by atoms with Crippen LogP contribution >= 0.6 is 11.6 Å². The Bertz CT molecular complexity index is 695. The summed E-state index contributed by atoms with van der Waals surface area (Å²) in [4.78, 5) is 0.0214. The number of morpholine rings is 1. The molecule has 21 heavy (non-hydrogen) atoms. The number of nitriles is 1. The fourth-order valence-corrected chi connectivity index (χ4v) is 4.68. The van der Waals surface area contributed by atoms with Crippen molar-refractivity contribution in [3.05, 3.63) is 28.8 Å². The normalized spacial score (nSPS) is 22.7. The highest BCUT2D eigenvalue weighted by Crippen LogP contribution is 2.30. The van der Waals surface area contributed by atoms with Crippen LogP contribution in [0.1, 0.15) is 26.3 Å². The van der Waals surface area contributed by atoms with Gasteiger partial charge < -0.3 is 4.74 Å². The molecule has 0 bridgehead atoms. The van der Waals surface area contributed by atoms with Crippen molar-refractivity contribution in [2.75, 3.05) is 13.1 Å². The summed E-state index contributed by atoms with van der Waals surface area (Å²) in [6.07, 6.45) is -0.194. The molecule has 2 rings (SSSR count). The van der Waals surface area contributed by atoms with E-state index in [0.29, 0.717) is 5.56 Å². The lowest BCUT2D eigenvalue weighted by Gasteiger charge is -2.40. The van der Waals surface area contributed by atoms with E-state index in [1.807, 2.05) is 26.8 Å². The first-order valence-electron chi connectivity index (χ1n) is 6.53. The van der Waals surface area contributed by atoms with Crippen LogP contribution in [0.2, 0.25) is 5.02 Å². The highest BCUT2D eigenvalue weighted by Gasteiger charge is 2.38. The van der Waals surface area contributed by atoms with Gasteiger partial charge in [-0.15, -0.1) is 0 Å². The lowest BCUT2D eigenvalue weighted by molar-refractivity contribution is -0.109. The summed E-state index contributed by atoms with van der Waals surface area (Å²) >= 11 is 6.03. The van der Waals surface area contributed by atoms with E-state index in [-0.39, 0.29) is 29.1 Å². The highest BCUT2D eigenvalue weighted by molar-refractivity contribution is 7.89. The van der Waals surface area contributed by atoms with E-state index in [9.17, 15) is 8.42 Å².